The molecule has 0 saturated carbocycles. The predicted octanol–water partition coefficient (Wildman–Crippen LogP) is -0.915. The Morgan fingerprint density at radius 2 is 1.52 bits per heavy atom. The van der Waals surface area contributed by atoms with E-state index in [1.807, 2.05) is 18.2 Å². The third-order valence-corrected chi connectivity index (χ3v) is 2.09. The maximum absolute atomic E-state index is 8.26. The zero-order valence-electron chi connectivity index (χ0n) is 12.1. The van der Waals surface area contributed by atoms with Gasteiger partial charge in [0.05, 0.1) is 11.6 Å². The smallest absolute Gasteiger partial charge is 0.373 e. The molecule has 23 heavy (non-hydrogen) atoms. The molecule has 3 aromatic heterocycles. The van der Waals surface area contributed by atoms with E-state index < -0.39 is 0 Å². The van der Waals surface area contributed by atoms with Crippen LogP contribution >= 0.6 is 0 Å². The number of H-pyrrole nitrogens is 1. The van der Waals surface area contributed by atoms with Gasteiger partial charge in [-0.15, -0.1) is 10.2 Å². The van der Waals surface area contributed by atoms with Gasteiger partial charge in [-0.2, -0.15) is 10.5 Å². The third-order valence-electron chi connectivity index (χ3n) is 2.09. The minimum absolute atomic E-state index is 0. The summed E-state index contributed by atoms with van der Waals surface area (Å²) >= 11 is 0. The second-order valence-electron chi connectivity index (χ2n) is 3.41. The molecular weight excluding hydrogens is 307 g/mol. The van der Waals surface area contributed by atoms with E-state index in [9.17, 15) is 0 Å². The first-order chi connectivity index (χ1) is 10.8. The number of hydrogen-bond acceptors (Lipinski definition) is 6. The van der Waals surface area contributed by atoms with Gasteiger partial charge in [0, 0.05) is 30.4 Å². The zero-order chi connectivity index (χ0) is 16.0. The Morgan fingerprint density at radius 1 is 1.00 bits per heavy atom. The van der Waals surface area contributed by atoms with Crippen LogP contribution in [-0.2, 0) is 0 Å². The van der Waals surface area contributed by atoms with Gasteiger partial charge in [-0.1, -0.05) is 0 Å². The Bertz CT molecular complexity index is 718. The summed E-state index contributed by atoms with van der Waals surface area (Å²) in [6.07, 6.45) is 6.56. The number of rotatable bonds is 1. The van der Waals surface area contributed by atoms with E-state index in [4.69, 9.17) is 16.3 Å². The number of nitriles is 1. The molecule has 0 bridgehead atoms. The van der Waals surface area contributed by atoms with Crippen LogP contribution in [0.4, 0.5) is 0 Å². The molecule has 0 fully saturated rings. The molecule has 0 amide bonds. The maximum atomic E-state index is 8.26. The average Bonchev–Trinajstić information content (AvgIpc) is 3.12. The van der Waals surface area contributed by atoms with Gasteiger partial charge in [-0.05, 0) is 29.5 Å². The summed E-state index contributed by atoms with van der Waals surface area (Å²) in [6, 6.07) is 8.97. The molecule has 0 unspecified atom stereocenters. The van der Waals surface area contributed by atoms with Crippen LogP contribution in [0.5, 0.6) is 0 Å². The van der Waals surface area contributed by atoms with Crippen molar-refractivity contribution in [2.75, 3.05) is 0 Å². The minimum Gasteiger partial charge on any atom is -0.373 e. The number of aromatic nitrogens is 6. The fourth-order valence-corrected chi connectivity index (χ4v) is 1.21. The van der Waals surface area contributed by atoms with Gasteiger partial charge in [0.15, 0.2) is 0 Å². The molecule has 3 heterocycles. The van der Waals surface area contributed by atoms with Gasteiger partial charge in [0.1, 0.15) is 0 Å². The molecule has 108 valence electrons. The van der Waals surface area contributed by atoms with E-state index in [1.165, 1.54) is 4.91 Å². The first kappa shape index (κ1) is 20.2. The molecule has 0 aliphatic rings. The summed E-state index contributed by atoms with van der Waals surface area (Å²) in [5.41, 5.74) is 15.1. The quantitative estimate of drug-likeness (QED) is 0.264. The fraction of sp³-hybridized carbons (Fsp3) is 0. The van der Waals surface area contributed by atoms with Crippen LogP contribution in [0.2, 0.25) is 0 Å². The average molecular weight is 316 g/mol. The van der Waals surface area contributed by atoms with Crippen LogP contribution in [0, 0.1) is 11.3 Å². The SMILES string of the molecule is N#Cc1ccncc1.[N-]=[N+]=[N-].[Na+].c1cc(-c2nn[nH]n2)ccn1. The number of nitrogens with zero attached hydrogens (tertiary/aromatic N) is 9. The van der Waals surface area contributed by atoms with Crippen molar-refractivity contribution in [2.45, 2.75) is 0 Å². The molecule has 3 aromatic rings. The normalized spacial score (nSPS) is 7.78. The summed E-state index contributed by atoms with van der Waals surface area (Å²) in [5, 5.41) is 21.7. The summed E-state index contributed by atoms with van der Waals surface area (Å²) in [6.45, 7) is 0. The Labute approximate surface area is 153 Å². The van der Waals surface area contributed by atoms with E-state index in [0.29, 0.717) is 11.4 Å². The Hall–Kier alpha value is -2.83. The molecule has 10 nitrogen and oxygen atoms in total. The van der Waals surface area contributed by atoms with Gasteiger partial charge < -0.3 is 11.1 Å². The molecule has 1 N–H and O–H groups in total. The van der Waals surface area contributed by atoms with E-state index in [1.54, 1.807) is 36.9 Å². The molecule has 0 spiro atoms. The molecular formula is C12H9N10Na. The van der Waals surface area contributed by atoms with Crippen molar-refractivity contribution in [3.8, 4) is 17.5 Å². The molecule has 0 aliphatic carbocycles. The molecule has 11 heteroatoms. The predicted molar refractivity (Wildman–Crippen MR) is 76.4 cm³/mol. The zero-order valence-corrected chi connectivity index (χ0v) is 14.1. The van der Waals surface area contributed by atoms with E-state index in [-0.39, 0.29) is 29.6 Å². The topological polar surface area (TPSA) is 163 Å². The summed E-state index contributed by atoms with van der Waals surface area (Å²) in [5.74, 6) is 0.590. The van der Waals surface area contributed by atoms with Gasteiger partial charge >= 0.3 is 29.6 Å². The van der Waals surface area contributed by atoms with Gasteiger partial charge in [-0.25, -0.2) is 0 Å². The van der Waals surface area contributed by atoms with Gasteiger partial charge in [0.25, 0.3) is 0 Å². The van der Waals surface area contributed by atoms with Crippen LogP contribution in [0.15, 0.2) is 49.1 Å². The standard InChI is InChI=1S/C6H5N5.C6H4N2.N3.Na/c1-3-7-4-2-5(1)6-8-10-11-9-6;7-5-6-1-3-8-4-2-6;1-3-2;/h1-4H,(H,8,9,10,11);1-4H;;/q;;-1;+1. The van der Waals surface area contributed by atoms with Crippen LogP contribution in [-0.4, -0.2) is 30.6 Å². The monoisotopic (exact) mass is 316 g/mol. The van der Waals surface area contributed by atoms with E-state index >= 15 is 0 Å². The van der Waals surface area contributed by atoms with Crippen LogP contribution in [0.3, 0.4) is 0 Å². The number of aromatic amines is 1. The molecule has 0 aliphatic heterocycles. The molecule has 0 saturated heterocycles. The van der Waals surface area contributed by atoms with Crippen LogP contribution in [0.25, 0.3) is 27.4 Å². The summed E-state index contributed by atoms with van der Waals surface area (Å²) < 4.78 is 0. The Kier molecular flexibility index (Phi) is 11.3. The van der Waals surface area contributed by atoms with Crippen LogP contribution < -0.4 is 29.6 Å². The Balaban J connectivity index is 0.000000359. The van der Waals surface area contributed by atoms with Crippen molar-refractivity contribution in [1.82, 2.24) is 30.6 Å². The van der Waals surface area contributed by atoms with Crippen molar-refractivity contribution in [2.24, 2.45) is 0 Å². The molecule has 0 radical (unpaired) electrons. The van der Waals surface area contributed by atoms with Gasteiger partial charge in [0.2, 0.25) is 5.82 Å². The first-order valence-corrected chi connectivity index (χ1v) is 5.74. The van der Waals surface area contributed by atoms with Crippen molar-refractivity contribution >= 4 is 0 Å². The maximum Gasteiger partial charge on any atom is 1.00 e. The molecule has 0 atom stereocenters. The minimum atomic E-state index is 0. The van der Waals surface area contributed by atoms with Crippen molar-refractivity contribution in [1.29, 1.82) is 5.26 Å². The summed E-state index contributed by atoms with van der Waals surface area (Å²) in [4.78, 5) is 9.11. The number of nitrogens with one attached hydrogen (secondary N) is 1. The largest absolute Gasteiger partial charge is 1.00 e. The molecule has 3 rings (SSSR count). The van der Waals surface area contributed by atoms with Crippen molar-refractivity contribution in [3.63, 3.8) is 0 Å². The van der Waals surface area contributed by atoms with Crippen molar-refractivity contribution < 1.29 is 29.6 Å². The number of tetrazole rings is 1. The number of hydrogen-bond donors (Lipinski definition) is 1. The van der Waals surface area contributed by atoms with Gasteiger partial charge in [-0.3, -0.25) is 14.9 Å². The second kappa shape index (κ2) is 12.9. The first-order valence-electron chi connectivity index (χ1n) is 5.74. The van der Waals surface area contributed by atoms with Crippen LogP contribution in [0.1, 0.15) is 5.56 Å². The van der Waals surface area contributed by atoms with E-state index in [0.717, 1.165) is 5.56 Å². The second-order valence-corrected chi connectivity index (χ2v) is 3.41. The Morgan fingerprint density at radius 3 is 1.91 bits per heavy atom. The summed E-state index contributed by atoms with van der Waals surface area (Å²) in [7, 11) is 0. The number of pyridine rings is 2. The van der Waals surface area contributed by atoms with Crippen molar-refractivity contribution in [3.05, 3.63) is 70.6 Å². The third kappa shape index (κ3) is 8.25. The fourth-order valence-electron chi connectivity index (χ4n) is 1.21. The van der Waals surface area contributed by atoms with E-state index in [2.05, 4.69) is 30.6 Å². The molecule has 0 aromatic carbocycles.